The van der Waals surface area contributed by atoms with Crippen molar-refractivity contribution in [3.8, 4) is 5.75 Å². The Hall–Kier alpha value is -1.28. The lowest BCUT2D eigenvalue weighted by molar-refractivity contribution is 0.0691. The number of halogens is 2. The predicted molar refractivity (Wildman–Crippen MR) is 78.7 cm³/mol. The molecule has 1 aromatic heterocycles. The van der Waals surface area contributed by atoms with Crippen molar-refractivity contribution >= 4 is 40.2 Å². The molecule has 0 saturated carbocycles. The summed E-state index contributed by atoms with van der Waals surface area (Å²) in [5, 5.41) is 9.62. The quantitative estimate of drug-likeness (QED) is 0.813. The van der Waals surface area contributed by atoms with Crippen LogP contribution >= 0.6 is 34.2 Å². The van der Waals surface area contributed by atoms with Crippen LogP contribution in [0.2, 0.25) is 5.15 Å². The molecule has 0 radical (unpaired) electrons. The van der Waals surface area contributed by atoms with Crippen LogP contribution in [0.5, 0.6) is 5.75 Å². The van der Waals surface area contributed by atoms with Crippen LogP contribution in [0, 0.1) is 3.57 Å². The average molecular weight is 393 g/mol. The monoisotopic (exact) mass is 392 g/mol. The van der Waals surface area contributed by atoms with E-state index in [9.17, 15) is 4.79 Å². The zero-order chi connectivity index (χ0) is 14.0. The highest BCUT2D eigenvalue weighted by Gasteiger charge is 2.13. The topological polar surface area (TPSA) is 64.4 Å². The molecule has 2 rings (SSSR count). The number of hydrogen-bond donors (Lipinski definition) is 1. The second kappa shape index (κ2) is 5.79. The van der Waals surface area contributed by atoms with Crippen LogP contribution < -0.4 is 4.74 Å². The Balaban J connectivity index is 2.20. The molecule has 0 amide bonds. The fourth-order valence-corrected chi connectivity index (χ4v) is 2.13. The predicted octanol–water partition coefficient (Wildman–Crippen LogP) is 2.96. The summed E-state index contributed by atoms with van der Waals surface area (Å²) in [4.78, 5) is 15.2. The number of carboxylic acid groups (broad SMARTS) is 1. The molecule has 0 aliphatic rings. The van der Waals surface area contributed by atoms with Gasteiger partial charge in [-0.15, -0.1) is 0 Å². The Morgan fingerprint density at radius 2 is 2.32 bits per heavy atom. The van der Waals surface area contributed by atoms with E-state index >= 15 is 0 Å². The van der Waals surface area contributed by atoms with E-state index in [1.807, 2.05) is 0 Å². The third-order valence-corrected chi connectivity index (χ3v) is 3.58. The standard InChI is InChI=1S/C12H10ClIN2O3/c1-16-10(13)5-15-11(16)6-19-9-3-2-7(14)4-8(9)12(17)18/h2-5H,6H2,1H3,(H,17,18). The summed E-state index contributed by atoms with van der Waals surface area (Å²) in [6.07, 6.45) is 1.52. The Labute approximate surface area is 128 Å². The minimum Gasteiger partial charge on any atom is -0.485 e. The molecule has 0 atom stereocenters. The Bertz CT molecular complexity index is 627. The van der Waals surface area contributed by atoms with Crippen LogP contribution in [0.1, 0.15) is 16.2 Å². The number of carboxylic acids is 1. The van der Waals surface area contributed by atoms with E-state index in [2.05, 4.69) is 27.6 Å². The first-order valence-electron chi connectivity index (χ1n) is 5.30. The number of hydrogen-bond acceptors (Lipinski definition) is 3. The highest BCUT2D eigenvalue weighted by molar-refractivity contribution is 14.1. The maximum Gasteiger partial charge on any atom is 0.339 e. The first-order chi connectivity index (χ1) is 8.99. The van der Waals surface area contributed by atoms with E-state index in [0.29, 0.717) is 16.7 Å². The summed E-state index contributed by atoms with van der Waals surface area (Å²) in [5.41, 5.74) is 0.132. The number of rotatable bonds is 4. The van der Waals surface area contributed by atoms with E-state index < -0.39 is 5.97 Å². The van der Waals surface area contributed by atoms with E-state index in [0.717, 1.165) is 3.57 Å². The highest BCUT2D eigenvalue weighted by Crippen LogP contribution is 2.22. The summed E-state index contributed by atoms with van der Waals surface area (Å²) in [6, 6.07) is 4.98. The molecule has 7 heteroatoms. The minimum absolute atomic E-state index is 0.132. The Morgan fingerprint density at radius 1 is 1.58 bits per heavy atom. The van der Waals surface area contributed by atoms with E-state index in [1.165, 1.54) is 6.20 Å². The molecule has 0 unspecified atom stereocenters. The summed E-state index contributed by atoms with van der Waals surface area (Å²) in [5.74, 6) is -0.0849. The van der Waals surface area contributed by atoms with Crippen molar-refractivity contribution in [2.75, 3.05) is 0 Å². The molecule has 2 aromatic rings. The normalized spacial score (nSPS) is 10.5. The molecule has 0 spiro atoms. The van der Waals surface area contributed by atoms with Gasteiger partial charge in [0.2, 0.25) is 0 Å². The zero-order valence-corrected chi connectivity index (χ0v) is 12.8. The minimum atomic E-state index is -1.02. The molecule has 0 saturated heterocycles. The van der Waals surface area contributed by atoms with Crippen LogP contribution in [-0.2, 0) is 13.7 Å². The third kappa shape index (κ3) is 3.19. The summed E-state index contributed by atoms with van der Waals surface area (Å²) in [6.45, 7) is 0.157. The number of carbonyl (C=O) groups is 1. The van der Waals surface area contributed by atoms with Gasteiger partial charge in [0.15, 0.2) is 0 Å². The number of nitrogens with zero attached hydrogens (tertiary/aromatic N) is 2. The van der Waals surface area contributed by atoms with Gasteiger partial charge >= 0.3 is 5.97 Å². The van der Waals surface area contributed by atoms with Gasteiger partial charge in [0.05, 0.1) is 6.20 Å². The van der Waals surface area contributed by atoms with Crippen molar-refractivity contribution in [1.82, 2.24) is 9.55 Å². The van der Waals surface area contributed by atoms with Gasteiger partial charge < -0.3 is 14.4 Å². The lowest BCUT2D eigenvalue weighted by Crippen LogP contribution is -2.07. The number of imidazole rings is 1. The molecule has 0 aliphatic heterocycles. The van der Waals surface area contributed by atoms with Gasteiger partial charge in [-0.25, -0.2) is 9.78 Å². The Morgan fingerprint density at radius 3 is 2.89 bits per heavy atom. The number of benzene rings is 1. The molecular formula is C12H10ClIN2O3. The molecule has 0 fully saturated rings. The van der Waals surface area contributed by atoms with E-state index in [4.69, 9.17) is 21.4 Å². The second-order valence-corrected chi connectivity index (χ2v) is 5.42. The van der Waals surface area contributed by atoms with Gasteiger partial charge in [0.1, 0.15) is 28.9 Å². The molecule has 1 heterocycles. The number of aromatic nitrogens is 2. The fraction of sp³-hybridized carbons (Fsp3) is 0.167. The molecule has 0 bridgehead atoms. The van der Waals surface area contributed by atoms with Crippen LogP contribution in [0.25, 0.3) is 0 Å². The smallest absolute Gasteiger partial charge is 0.339 e. The van der Waals surface area contributed by atoms with Crippen LogP contribution in [0.4, 0.5) is 0 Å². The van der Waals surface area contributed by atoms with E-state index in [-0.39, 0.29) is 12.2 Å². The van der Waals surface area contributed by atoms with Gasteiger partial charge in [-0.2, -0.15) is 0 Å². The first-order valence-corrected chi connectivity index (χ1v) is 6.76. The van der Waals surface area contributed by atoms with Gasteiger partial charge in [-0.3, -0.25) is 0 Å². The molecule has 1 N–H and O–H groups in total. The average Bonchev–Trinajstić information content (AvgIpc) is 2.68. The first kappa shape index (κ1) is 14.1. The van der Waals surface area contributed by atoms with Gasteiger partial charge in [-0.1, -0.05) is 11.6 Å². The molecule has 0 aliphatic carbocycles. The van der Waals surface area contributed by atoms with Gasteiger partial charge in [0, 0.05) is 10.6 Å². The lowest BCUT2D eigenvalue weighted by atomic mass is 10.2. The molecule has 19 heavy (non-hydrogen) atoms. The number of aromatic carboxylic acids is 1. The highest BCUT2D eigenvalue weighted by atomic mass is 127. The van der Waals surface area contributed by atoms with Crippen LogP contribution in [-0.4, -0.2) is 20.6 Å². The van der Waals surface area contributed by atoms with Crippen LogP contribution in [0.3, 0.4) is 0 Å². The van der Waals surface area contributed by atoms with Gasteiger partial charge in [0.25, 0.3) is 0 Å². The Kier molecular flexibility index (Phi) is 4.31. The van der Waals surface area contributed by atoms with Gasteiger partial charge in [-0.05, 0) is 40.8 Å². The fourth-order valence-electron chi connectivity index (χ4n) is 1.50. The molecule has 1 aromatic carbocycles. The molecule has 5 nitrogen and oxygen atoms in total. The maximum atomic E-state index is 11.1. The third-order valence-electron chi connectivity index (χ3n) is 2.56. The van der Waals surface area contributed by atoms with Crippen molar-refractivity contribution in [3.05, 3.63) is 44.5 Å². The largest absolute Gasteiger partial charge is 0.485 e. The van der Waals surface area contributed by atoms with Crippen molar-refractivity contribution in [1.29, 1.82) is 0 Å². The molecular weight excluding hydrogens is 383 g/mol. The molecule has 100 valence electrons. The SMILES string of the molecule is Cn1c(Cl)cnc1COc1ccc(I)cc1C(=O)O. The van der Waals surface area contributed by atoms with Crippen LogP contribution in [0.15, 0.2) is 24.4 Å². The summed E-state index contributed by atoms with van der Waals surface area (Å²) >= 11 is 7.91. The van der Waals surface area contributed by atoms with Crippen molar-refractivity contribution in [3.63, 3.8) is 0 Å². The van der Waals surface area contributed by atoms with Crippen molar-refractivity contribution in [2.24, 2.45) is 7.05 Å². The zero-order valence-electron chi connectivity index (χ0n) is 9.93. The number of ether oxygens (including phenoxy) is 1. The maximum absolute atomic E-state index is 11.1. The van der Waals surface area contributed by atoms with E-state index in [1.54, 1.807) is 29.8 Å². The van der Waals surface area contributed by atoms with Crippen molar-refractivity contribution < 1.29 is 14.6 Å². The summed E-state index contributed by atoms with van der Waals surface area (Å²) < 4.78 is 8.02. The summed E-state index contributed by atoms with van der Waals surface area (Å²) in [7, 11) is 1.76. The second-order valence-electron chi connectivity index (χ2n) is 3.79. The van der Waals surface area contributed by atoms with Crippen molar-refractivity contribution in [2.45, 2.75) is 6.61 Å². The lowest BCUT2D eigenvalue weighted by Gasteiger charge is -2.09.